The van der Waals surface area contributed by atoms with Crippen molar-refractivity contribution in [3.05, 3.63) is 128 Å². The molecule has 0 radical (unpaired) electrons. The lowest BCUT2D eigenvalue weighted by Gasteiger charge is -2.21. The van der Waals surface area contributed by atoms with Crippen molar-refractivity contribution in [3.8, 4) is 11.1 Å². The first-order valence-corrected chi connectivity index (χ1v) is 13.4. The summed E-state index contributed by atoms with van der Waals surface area (Å²) in [6.45, 7) is 0. The van der Waals surface area contributed by atoms with E-state index >= 15 is 0 Å². The Balaban J connectivity index is 1.27. The molecule has 1 aromatic heterocycles. The molecule has 1 nitrogen and oxygen atoms in total. The highest BCUT2D eigenvalue weighted by atomic mass is 79.9. The highest BCUT2D eigenvalue weighted by Gasteiger charge is 2.22. The summed E-state index contributed by atoms with van der Waals surface area (Å²) in [7, 11) is 0. The molecule has 1 atom stereocenters. The molecule has 2 heteroatoms. The zero-order chi connectivity index (χ0) is 23.8. The van der Waals surface area contributed by atoms with Crippen molar-refractivity contribution in [2.24, 2.45) is 0 Å². The Kier molecular flexibility index (Phi) is 4.33. The minimum Gasteiger partial charge on any atom is -0.252 e. The molecule has 0 saturated heterocycles. The van der Waals surface area contributed by atoms with Crippen LogP contribution in [0.2, 0.25) is 0 Å². The standard InChI is InChI=1S/C34H22BrN/c35-26-14-10-21(11-15-26)20-4-6-22(7-5-20)27-3-1-2-25-18-30-28-16-12-23-8-9-24-13-17-31(34(28)33(23)24)36-32(30)19-29(25)27/h1-12,14-16,18-19,27H,13,17H2. The number of hydrogen-bond acceptors (Lipinski definition) is 1. The van der Waals surface area contributed by atoms with Gasteiger partial charge in [0.25, 0.3) is 0 Å². The van der Waals surface area contributed by atoms with Crippen LogP contribution < -0.4 is 10.4 Å². The van der Waals surface area contributed by atoms with Gasteiger partial charge in [-0.05, 0) is 86.3 Å². The predicted octanol–water partition coefficient (Wildman–Crippen LogP) is 7.42. The third-order valence-electron chi connectivity index (χ3n) is 8.05. The van der Waals surface area contributed by atoms with E-state index in [4.69, 9.17) is 4.98 Å². The van der Waals surface area contributed by atoms with Crippen LogP contribution in [0.1, 0.15) is 34.7 Å². The number of hydrogen-bond donors (Lipinski definition) is 0. The maximum atomic E-state index is 5.25. The van der Waals surface area contributed by atoms with Crippen molar-refractivity contribution in [2.75, 3.05) is 0 Å². The van der Waals surface area contributed by atoms with E-state index in [1.165, 1.54) is 65.7 Å². The normalized spacial score (nSPS) is 17.0. The molecular weight excluding hydrogens is 502 g/mol. The smallest absolute Gasteiger partial charge is 0.0715 e. The molecule has 0 bridgehead atoms. The number of nitrogens with zero attached hydrogens (tertiary/aromatic N) is 1. The van der Waals surface area contributed by atoms with E-state index in [9.17, 15) is 0 Å². The second-order valence-electron chi connectivity index (χ2n) is 10.0. The van der Waals surface area contributed by atoms with Crippen molar-refractivity contribution < 1.29 is 0 Å². The van der Waals surface area contributed by atoms with Gasteiger partial charge in [-0.2, -0.15) is 0 Å². The minimum atomic E-state index is 0.228. The first-order chi connectivity index (χ1) is 17.7. The molecule has 0 fully saturated rings. The minimum absolute atomic E-state index is 0.228. The zero-order valence-electron chi connectivity index (χ0n) is 19.6. The van der Waals surface area contributed by atoms with Crippen LogP contribution in [0.25, 0.3) is 50.5 Å². The molecule has 3 aliphatic carbocycles. The number of benzene rings is 4. The Morgan fingerprint density at radius 3 is 2.42 bits per heavy atom. The van der Waals surface area contributed by atoms with Gasteiger partial charge in [0.1, 0.15) is 0 Å². The van der Waals surface area contributed by atoms with Gasteiger partial charge in [0.15, 0.2) is 0 Å². The summed E-state index contributed by atoms with van der Waals surface area (Å²) in [6.07, 6.45) is 13.4. The van der Waals surface area contributed by atoms with Gasteiger partial charge in [0, 0.05) is 26.9 Å². The van der Waals surface area contributed by atoms with Crippen molar-refractivity contribution in [1.82, 2.24) is 4.98 Å². The maximum absolute atomic E-state index is 5.25. The van der Waals surface area contributed by atoms with Gasteiger partial charge in [-0.1, -0.05) is 94.8 Å². The van der Waals surface area contributed by atoms with Crippen LogP contribution >= 0.6 is 15.9 Å². The third kappa shape index (κ3) is 2.98. The van der Waals surface area contributed by atoms with Crippen LogP contribution in [-0.2, 0) is 6.42 Å². The Morgan fingerprint density at radius 1 is 0.778 bits per heavy atom. The molecule has 1 unspecified atom stereocenters. The SMILES string of the molecule is Brc1ccc(-c2ccc(C3C=CC=c4cc5c(cc43)nc3c4c6c(ccc45)C=CC=6CC3)cc2)cc1. The van der Waals surface area contributed by atoms with E-state index in [0.29, 0.717) is 0 Å². The lowest BCUT2D eigenvalue weighted by molar-refractivity contribution is 0.965. The fraction of sp³-hybridized carbons (Fsp3) is 0.0882. The summed E-state index contributed by atoms with van der Waals surface area (Å²) in [5.74, 6) is 0.228. The molecule has 5 aromatic rings. The van der Waals surface area contributed by atoms with Gasteiger partial charge in [0.05, 0.1) is 5.52 Å². The van der Waals surface area contributed by atoms with Crippen molar-refractivity contribution in [3.63, 3.8) is 0 Å². The molecule has 3 aliphatic rings. The van der Waals surface area contributed by atoms with E-state index in [1.54, 1.807) is 0 Å². The maximum Gasteiger partial charge on any atom is 0.0715 e. The fourth-order valence-corrected chi connectivity index (χ4v) is 6.54. The summed E-state index contributed by atoms with van der Waals surface area (Å²) in [6, 6.07) is 26.8. The van der Waals surface area contributed by atoms with E-state index in [0.717, 1.165) is 22.8 Å². The Hall–Kier alpha value is -3.75. The van der Waals surface area contributed by atoms with E-state index < -0.39 is 0 Å². The molecule has 4 aromatic carbocycles. The van der Waals surface area contributed by atoms with Crippen molar-refractivity contribution >= 4 is 55.3 Å². The monoisotopic (exact) mass is 523 g/mol. The molecule has 8 rings (SSSR count). The van der Waals surface area contributed by atoms with Crippen molar-refractivity contribution in [1.29, 1.82) is 0 Å². The second kappa shape index (κ2) is 7.62. The van der Waals surface area contributed by atoms with Crippen LogP contribution in [0.3, 0.4) is 0 Å². The summed E-state index contributed by atoms with van der Waals surface area (Å²) < 4.78 is 1.10. The van der Waals surface area contributed by atoms with E-state index in [2.05, 4.69) is 119 Å². The molecule has 170 valence electrons. The molecule has 0 aliphatic heterocycles. The van der Waals surface area contributed by atoms with Crippen molar-refractivity contribution in [2.45, 2.75) is 18.8 Å². The Bertz CT molecular complexity index is 1920. The predicted molar refractivity (Wildman–Crippen MR) is 154 cm³/mol. The largest absolute Gasteiger partial charge is 0.252 e. The zero-order valence-corrected chi connectivity index (χ0v) is 21.2. The van der Waals surface area contributed by atoms with Gasteiger partial charge in [-0.25, -0.2) is 0 Å². The molecular formula is C34H22BrN. The highest BCUT2D eigenvalue weighted by molar-refractivity contribution is 9.10. The van der Waals surface area contributed by atoms with E-state index in [1.807, 2.05) is 0 Å². The third-order valence-corrected chi connectivity index (χ3v) is 8.58. The summed E-state index contributed by atoms with van der Waals surface area (Å²) in [4.78, 5) is 5.25. The van der Waals surface area contributed by atoms with Crippen LogP contribution in [-0.4, -0.2) is 4.98 Å². The number of pyridine rings is 1. The van der Waals surface area contributed by atoms with Gasteiger partial charge < -0.3 is 0 Å². The topological polar surface area (TPSA) is 12.9 Å². The summed E-state index contributed by atoms with van der Waals surface area (Å²) in [5, 5.41) is 6.70. The molecule has 0 spiro atoms. The molecule has 0 saturated carbocycles. The molecule has 1 heterocycles. The quantitative estimate of drug-likeness (QED) is 0.219. The average molecular weight is 524 g/mol. The number of halogens is 1. The average Bonchev–Trinajstić information content (AvgIpc) is 3.35. The number of fused-ring (bicyclic) bond motifs is 3. The first-order valence-electron chi connectivity index (χ1n) is 12.6. The molecule has 36 heavy (non-hydrogen) atoms. The number of aromatic nitrogens is 1. The summed E-state index contributed by atoms with van der Waals surface area (Å²) in [5.41, 5.74) is 10.3. The number of rotatable bonds is 2. The highest BCUT2D eigenvalue weighted by Crippen LogP contribution is 2.34. The van der Waals surface area contributed by atoms with Crippen LogP contribution in [0, 0.1) is 0 Å². The molecule has 0 N–H and O–H groups in total. The number of aryl methyl sites for hydroxylation is 1. The number of allylic oxidation sites excluding steroid dienone is 3. The first kappa shape index (κ1) is 20.4. The van der Waals surface area contributed by atoms with Gasteiger partial charge in [-0.3, -0.25) is 4.98 Å². The second-order valence-corrected chi connectivity index (χ2v) is 10.9. The Labute approximate surface area is 218 Å². The van der Waals surface area contributed by atoms with Gasteiger partial charge in [-0.15, -0.1) is 0 Å². The van der Waals surface area contributed by atoms with Crippen LogP contribution in [0.5, 0.6) is 0 Å². The summed E-state index contributed by atoms with van der Waals surface area (Å²) >= 11 is 3.53. The Morgan fingerprint density at radius 2 is 1.58 bits per heavy atom. The van der Waals surface area contributed by atoms with E-state index in [-0.39, 0.29) is 5.92 Å². The van der Waals surface area contributed by atoms with Crippen LogP contribution in [0.15, 0.2) is 95.5 Å². The fourth-order valence-electron chi connectivity index (χ4n) is 6.28. The van der Waals surface area contributed by atoms with Crippen LogP contribution in [0.4, 0.5) is 0 Å². The lowest BCUT2D eigenvalue weighted by Crippen LogP contribution is -2.19. The van der Waals surface area contributed by atoms with Gasteiger partial charge in [0.2, 0.25) is 0 Å². The molecule has 0 amide bonds. The van der Waals surface area contributed by atoms with Gasteiger partial charge >= 0.3 is 0 Å². The lowest BCUT2D eigenvalue weighted by atomic mass is 9.84.